The van der Waals surface area contributed by atoms with E-state index in [9.17, 15) is 9.59 Å². The zero-order valence-electron chi connectivity index (χ0n) is 15.2. The molecule has 8 heteroatoms. The molecule has 2 rings (SSSR count). The highest BCUT2D eigenvalue weighted by Gasteiger charge is 2.25. The number of aromatic nitrogens is 1. The number of rotatable bonds is 7. The minimum absolute atomic E-state index is 0.210. The summed E-state index contributed by atoms with van der Waals surface area (Å²) >= 11 is 1.46. The molecule has 1 aliphatic heterocycles. The number of alkyl carbamates (subject to hydrolysis) is 1. The second kappa shape index (κ2) is 9.15. The molecule has 1 aromatic rings. The lowest BCUT2D eigenvalue weighted by atomic mass is 10.1. The zero-order chi connectivity index (χ0) is 18.3. The summed E-state index contributed by atoms with van der Waals surface area (Å²) in [7, 11) is 0. The van der Waals surface area contributed by atoms with E-state index in [1.807, 2.05) is 5.38 Å². The van der Waals surface area contributed by atoms with Gasteiger partial charge >= 0.3 is 6.09 Å². The Morgan fingerprint density at radius 2 is 2.08 bits per heavy atom. The third kappa shape index (κ3) is 7.39. The van der Waals surface area contributed by atoms with E-state index in [-0.39, 0.29) is 5.91 Å². The molecule has 1 fully saturated rings. The van der Waals surface area contributed by atoms with Gasteiger partial charge in [0.15, 0.2) is 0 Å². The van der Waals surface area contributed by atoms with Crippen LogP contribution in [0, 0.1) is 0 Å². The number of hydrogen-bond donors (Lipinski definition) is 2. The lowest BCUT2D eigenvalue weighted by Crippen LogP contribution is -2.50. The Balaban J connectivity index is 1.87. The number of amides is 2. The number of nitrogens with zero attached hydrogens (tertiary/aromatic N) is 2. The van der Waals surface area contributed by atoms with Crippen molar-refractivity contribution in [3.05, 3.63) is 16.6 Å². The van der Waals surface area contributed by atoms with Gasteiger partial charge in [0.25, 0.3) is 0 Å². The van der Waals surface area contributed by atoms with Crippen molar-refractivity contribution in [2.75, 3.05) is 26.2 Å². The molecule has 2 heterocycles. The summed E-state index contributed by atoms with van der Waals surface area (Å²) in [5.74, 6) is -0.210. The van der Waals surface area contributed by atoms with E-state index < -0.39 is 17.7 Å². The van der Waals surface area contributed by atoms with Crippen molar-refractivity contribution in [1.82, 2.24) is 20.5 Å². The van der Waals surface area contributed by atoms with Gasteiger partial charge in [-0.2, -0.15) is 0 Å². The van der Waals surface area contributed by atoms with Gasteiger partial charge in [-0.25, -0.2) is 9.78 Å². The first-order valence-electron chi connectivity index (χ1n) is 8.70. The molecular weight excluding hydrogens is 340 g/mol. The van der Waals surface area contributed by atoms with Gasteiger partial charge < -0.3 is 20.3 Å². The number of carbonyl (C=O) groups excluding carboxylic acids is 2. The molecule has 0 spiro atoms. The molecule has 0 radical (unpaired) electrons. The first-order valence-corrected chi connectivity index (χ1v) is 9.64. The van der Waals surface area contributed by atoms with E-state index in [0.717, 1.165) is 25.3 Å². The van der Waals surface area contributed by atoms with Crippen molar-refractivity contribution in [2.45, 2.75) is 51.7 Å². The highest BCUT2D eigenvalue weighted by molar-refractivity contribution is 7.07. The minimum atomic E-state index is -0.699. The van der Waals surface area contributed by atoms with E-state index in [4.69, 9.17) is 4.74 Å². The van der Waals surface area contributed by atoms with Gasteiger partial charge in [0.05, 0.1) is 11.2 Å². The number of hydrogen-bond acceptors (Lipinski definition) is 6. The Morgan fingerprint density at radius 1 is 1.36 bits per heavy atom. The Bertz CT molecular complexity index is 551. The lowest BCUT2D eigenvalue weighted by Gasteiger charge is -2.23. The largest absolute Gasteiger partial charge is 0.444 e. The monoisotopic (exact) mass is 368 g/mol. The maximum Gasteiger partial charge on any atom is 0.408 e. The van der Waals surface area contributed by atoms with Crippen molar-refractivity contribution in [2.24, 2.45) is 0 Å². The molecule has 0 bridgehead atoms. The molecule has 140 valence electrons. The fraction of sp³-hybridized carbons (Fsp3) is 0.706. The van der Waals surface area contributed by atoms with E-state index in [2.05, 4.69) is 20.5 Å². The van der Waals surface area contributed by atoms with Crippen LogP contribution in [0.25, 0.3) is 0 Å². The predicted molar refractivity (Wildman–Crippen MR) is 97.7 cm³/mol. The number of likely N-dealkylation sites (tertiary alicyclic amines) is 1. The average molecular weight is 369 g/mol. The molecule has 1 saturated heterocycles. The number of thiazole rings is 1. The van der Waals surface area contributed by atoms with Crippen LogP contribution in [0.3, 0.4) is 0 Å². The minimum Gasteiger partial charge on any atom is -0.444 e. The predicted octanol–water partition coefficient (Wildman–Crippen LogP) is 1.79. The summed E-state index contributed by atoms with van der Waals surface area (Å²) in [4.78, 5) is 31.1. The molecule has 25 heavy (non-hydrogen) atoms. The van der Waals surface area contributed by atoms with E-state index in [1.165, 1.54) is 24.2 Å². The second-order valence-electron chi connectivity index (χ2n) is 7.22. The van der Waals surface area contributed by atoms with Crippen LogP contribution < -0.4 is 10.6 Å². The van der Waals surface area contributed by atoms with Crippen molar-refractivity contribution >= 4 is 23.3 Å². The molecule has 1 atom stereocenters. The Hall–Kier alpha value is -1.67. The molecule has 1 aliphatic rings. The normalized spacial score (nSPS) is 16.4. The lowest BCUT2D eigenvalue weighted by molar-refractivity contribution is -0.123. The van der Waals surface area contributed by atoms with Crippen molar-refractivity contribution in [1.29, 1.82) is 0 Å². The van der Waals surface area contributed by atoms with Crippen LogP contribution in [0.4, 0.5) is 4.79 Å². The van der Waals surface area contributed by atoms with Gasteiger partial charge in [0.2, 0.25) is 5.91 Å². The number of nitrogens with one attached hydrogen (secondary N) is 2. The van der Waals surface area contributed by atoms with Gasteiger partial charge in [-0.15, -0.1) is 11.3 Å². The maximum absolute atomic E-state index is 12.5. The Kier molecular flexibility index (Phi) is 7.19. The fourth-order valence-corrected chi connectivity index (χ4v) is 3.24. The van der Waals surface area contributed by atoms with Crippen LogP contribution in [0.1, 0.15) is 39.3 Å². The summed E-state index contributed by atoms with van der Waals surface area (Å²) in [6.45, 7) is 8.96. The van der Waals surface area contributed by atoms with Crippen LogP contribution in [-0.2, 0) is 16.0 Å². The van der Waals surface area contributed by atoms with E-state index in [1.54, 1.807) is 26.3 Å². The van der Waals surface area contributed by atoms with Crippen LogP contribution in [0.15, 0.2) is 10.9 Å². The Morgan fingerprint density at radius 3 is 2.68 bits per heavy atom. The summed E-state index contributed by atoms with van der Waals surface area (Å²) in [5.41, 5.74) is 1.88. The van der Waals surface area contributed by atoms with Gasteiger partial charge in [-0.3, -0.25) is 4.79 Å². The first kappa shape index (κ1) is 19.7. The number of ether oxygens (including phenoxy) is 1. The zero-order valence-corrected chi connectivity index (χ0v) is 16.0. The van der Waals surface area contributed by atoms with Gasteiger partial charge in [0.1, 0.15) is 11.6 Å². The van der Waals surface area contributed by atoms with Crippen molar-refractivity contribution < 1.29 is 14.3 Å². The molecule has 0 aromatic carbocycles. The molecule has 2 amide bonds. The summed E-state index contributed by atoms with van der Waals surface area (Å²) < 4.78 is 5.27. The average Bonchev–Trinajstić information content (AvgIpc) is 3.17. The van der Waals surface area contributed by atoms with Crippen molar-refractivity contribution in [3.63, 3.8) is 0 Å². The molecule has 0 saturated carbocycles. The molecule has 7 nitrogen and oxygen atoms in total. The highest BCUT2D eigenvalue weighted by Crippen LogP contribution is 2.09. The smallest absolute Gasteiger partial charge is 0.408 e. The fourth-order valence-electron chi connectivity index (χ4n) is 2.67. The quantitative estimate of drug-likeness (QED) is 0.767. The van der Waals surface area contributed by atoms with Crippen molar-refractivity contribution in [3.8, 4) is 0 Å². The first-order chi connectivity index (χ1) is 11.8. The van der Waals surface area contributed by atoms with Crippen LogP contribution in [0.5, 0.6) is 0 Å². The summed E-state index contributed by atoms with van der Waals surface area (Å²) in [5, 5.41) is 7.46. The molecule has 1 aromatic heterocycles. The van der Waals surface area contributed by atoms with Gasteiger partial charge in [-0.1, -0.05) is 0 Å². The molecule has 0 unspecified atom stereocenters. The third-order valence-corrected chi connectivity index (χ3v) is 4.47. The van der Waals surface area contributed by atoms with E-state index in [0.29, 0.717) is 13.0 Å². The van der Waals surface area contributed by atoms with Crippen LogP contribution in [-0.4, -0.2) is 59.7 Å². The highest BCUT2D eigenvalue weighted by atomic mass is 32.1. The molecule has 0 aliphatic carbocycles. The molecule has 2 N–H and O–H groups in total. The van der Waals surface area contributed by atoms with Crippen LogP contribution >= 0.6 is 11.3 Å². The summed E-state index contributed by atoms with van der Waals surface area (Å²) in [6, 6.07) is -0.699. The van der Waals surface area contributed by atoms with Gasteiger partial charge in [-0.05, 0) is 46.7 Å². The van der Waals surface area contributed by atoms with Crippen LogP contribution in [0.2, 0.25) is 0 Å². The third-order valence-electron chi connectivity index (χ3n) is 3.83. The topological polar surface area (TPSA) is 83.6 Å². The maximum atomic E-state index is 12.5. The summed E-state index contributed by atoms with van der Waals surface area (Å²) in [6.07, 6.45) is 2.20. The standard InChI is InChI=1S/C17H28N4O3S/c1-17(2,3)24-16(23)20-14(10-13-11-25-12-19-13)15(22)18-6-9-21-7-4-5-8-21/h11-12,14H,4-10H2,1-3H3,(H,18,22)(H,20,23)/t14-/m0/s1. The van der Waals surface area contributed by atoms with Gasteiger partial charge in [0, 0.05) is 24.9 Å². The second-order valence-corrected chi connectivity index (χ2v) is 7.94. The molecular formula is C17H28N4O3S. The van der Waals surface area contributed by atoms with E-state index >= 15 is 0 Å². The SMILES string of the molecule is CC(C)(C)OC(=O)N[C@@H](Cc1cscn1)C(=O)NCCN1CCCC1. The Labute approximate surface area is 153 Å². The number of carbonyl (C=O) groups is 2.